The zero-order valence-electron chi connectivity index (χ0n) is 13.3. The van der Waals surface area contributed by atoms with E-state index in [4.69, 9.17) is 0 Å². The van der Waals surface area contributed by atoms with Crippen LogP contribution in [0, 0.1) is 5.92 Å². The summed E-state index contributed by atoms with van der Waals surface area (Å²) in [5, 5.41) is 19.5. The highest BCUT2D eigenvalue weighted by Gasteiger charge is 2.24. The predicted molar refractivity (Wildman–Crippen MR) is 88.4 cm³/mol. The monoisotopic (exact) mass is 334 g/mol. The van der Waals surface area contributed by atoms with Crippen molar-refractivity contribution in [1.82, 2.24) is 19.9 Å². The smallest absolute Gasteiger partial charge is 0.263 e. The van der Waals surface area contributed by atoms with Gasteiger partial charge in [0.1, 0.15) is 0 Å². The summed E-state index contributed by atoms with van der Waals surface area (Å²) in [5.74, 6) is 0.668. The second kappa shape index (κ2) is 7.23. The number of piperidine rings is 1. The minimum absolute atomic E-state index is 0.151. The van der Waals surface area contributed by atoms with Crippen molar-refractivity contribution in [3.8, 4) is 0 Å². The Morgan fingerprint density at radius 1 is 1.48 bits per heavy atom. The number of nitrogens with zero attached hydrogens (tertiary/aromatic N) is 4. The summed E-state index contributed by atoms with van der Waals surface area (Å²) in [6.45, 7) is 4.18. The maximum absolute atomic E-state index is 12.3. The molecule has 7 heteroatoms. The molecule has 1 saturated heterocycles. The van der Waals surface area contributed by atoms with Gasteiger partial charge in [-0.25, -0.2) is 0 Å². The third-order valence-electron chi connectivity index (χ3n) is 4.17. The number of hydrogen-bond donors (Lipinski definition) is 1. The maximum Gasteiger partial charge on any atom is 0.263 e. The SMILES string of the molecule is CC(O)Cc1cn(CC2CCN(C(=O)c3cccs3)CC2)nn1. The van der Waals surface area contributed by atoms with Crippen molar-refractivity contribution in [2.24, 2.45) is 5.92 Å². The van der Waals surface area contributed by atoms with Gasteiger partial charge in [-0.1, -0.05) is 11.3 Å². The summed E-state index contributed by atoms with van der Waals surface area (Å²) >= 11 is 1.50. The van der Waals surface area contributed by atoms with Crippen LogP contribution >= 0.6 is 11.3 Å². The van der Waals surface area contributed by atoms with E-state index in [1.165, 1.54) is 11.3 Å². The van der Waals surface area contributed by atoms with Crippen LogP contribution in [0.4, 0.5) is 0 Å². The van der Waals surface area contributed by atoms with E-state index in [1.54, 1.807) is 6.92 Å². The van der Waals surface area contributed by atoms with Gasteiger partial charge in [0.2, 0.25) is 0 Å². The molecule has 1 unspecified atom stereocenters. The first kappa shape index (κ1) is 16.1. The van der Waals surface area contributed by atoms with Crippen LogP contribution in [-0.4, -0.2) is 50.1 Å². The number of thiophene rings is 1. The van der Waals surface area contributed by atoms with E-state index in [2.05, 4.69) is 10.3 Å². The Labute approximate surface area is 139 Å². The fourth-order valence-electron chi connectivity index (χ4n) is 2.96. The fourth-order valence-corrected chi connectivity index (χ4v) is 3.65. The molecular formula is C16H22N4O2S. The van der Waals surface area contributed by atoms with Gasteiger partial charge in [-0.05, 0) is 37.1 Å². The molecule has 1 atom stereocenters. The average molecular weight is 334 g/mol. The molecule has 1 amide bonds. The third-order valence-corrected chi connectivity index (χ3v) is 5.03. The summed E-state index contributed by atoms with van der Waals surface area (Å²) in [5.41, 5.74) is 0.824. The molecule has 2 aromatic rings. The molecule has 0 aliphatic carbocycles. The van der Waals surface area contributed by atoms with Crippen LogP contribution in [0.5, 0.6) is 0 Å². The van der Waals surface area contributed by atoms with Gasteiger partial charge in [-0.3, -0.25) is 9.48 Å². The zero-order valence-corrected chi connectivity index (χ0v) is 14.1. The Bertz CT molecular complexity index is 630. The zero-order chi connectivity index (χ0) is 16.2. The first-order chi connectivity index (χ1) is 11.1. The van der Waals surface area contributed by atoms with Gasteiger partial charge in [-0.15, -0.1) is 16.4 Å². The Morgan fingerprint density at radius 3 is 2.91 bits per heavy atom. The number of likely N-dealkylation sites (tertiary alicyclic amines) is 1. The highest BCUT2D eigenvalue weighted by molar-refractivity contribution is 7.12. The molecule has 0 spiro atoms. The molecule has 124 valence electrons. The Kier molecular flexibility index (Phi) is 5.07. The minimum atomic E-state index is -0.397. The lowest BCUT2D eigenvalue weighted by molar-refractivity contribution is 0.0686. The fraction of sp³-hybridized carbons (Fsp3) is 0.562. The molecule has 3 rings (SSSR count). The number of rotatable bonds is 5. The minimum Gasteiger partial charge on any atom is -0.393 e. The van der Waals surface area contributed by atoms with Gasteiger partial charge >= 0.3 is 0 Å². The molecule has 1 aliphatic rings. The molecule has 2 aromatic heterocycles. The van der Waals surface area contributed by atoms with Gasteiger partial charge < -0.3 is 10.0 Å². The van der Waals surface area contributed by atoms with Crippen molar-refractivity contribution in [2.75, 3.05) is 13.1 Å². The van der Waals surface area contributed by atoms with E-state index in [1.807, 2.05) is 33.3 Å². The molecule has 1 fully saturated rings. The number of carbonyl (C=O) groups excluding carboxylic acids is 1. The lowest BCUT2D eigenvalue weighted by Gasteiger charge is -2.31. The topological polar surface area (TPSA) is 71.2 Å². The van der Waals surface area contributed by atoms with Crippen LogP contribution < -0.4 is 0 Å². The molecule has 1 N–H and O–H groups in total. The standard InChI is InChI=1S/C16H22N4O2S/c1-12(21)9-14-11-20(18-17-14)10-13-4-6-19(7-5-13)16(22)15-3-2-8-23-15/h2-3,8,11-13,21H,4-7,9-10H2,1H3. The third kappa shape index (κ3) is 4.17. The number of amides is 1. The summed E-state index contributed by atoms with van der Waals surface area (Å²) in [4.78, 5) is 15.1. The summed E-state index contributed by atoms with van der Waals surface area (Å²) in [6, 6.07) is 3.80. The highest BCUT2D eigenvalue weighted by Crippen LogP contribution is 2.22. The largest absolute Gasteiger partial charge is 0.393 e. The van der Waals surface area contributed by atoms with Crippen molar-refractivity contribution in [3.05, 3.63) is 34.3 Å². The molecule has 0 radical (unpaired) electrons. The number of carbonyl (C=O) groups is 1. The predicted octanol–water partition coefficient (Wildman–Crippen LogP) is 1.82. The molecule has 6 nitrogen and oxygen atoms in total. The first-order valence-electron chi connectivity index (χ1n) is 8.01. The maximum atomic E-state index is 12.3. The van der Waals surface area contributed by atoms with E-state index < -0.39 is 6.10 Å². The lowest BCUT2D eigenvalue weighted by Crippen LogP contribution is -2.39. The van der Waals surface area contributed by atoms with Gasteiger partial charge in [0.05, 0.1) is 16.7 Å². The van der Waals surface area contributed by atoms with Crippen LogP contribution in [0.2, 0.25) is 0 Å². The van der Waals surface area contributed by atoms with Crippen LogP contribution in [-0.2, 0) is 13.0 Å². The molecule has 23 heavy (non-hydrogen) atoms. The Morgan fingerprint density at radius 2 is 2.26 bits per heavy atom. The normalized spacial score (nSPS) is 17.4. The van der Waals surface area contributed by atoms with E-state index >= 15 is 0 Å². The van der Waals surface area contributed by atoms with Crippen molar-refractivity contribution in [2.45, 2.75) is 38.8 Å². The highest BCUT2D eigenvalue weighted by atomic mass is 32.1. The molecule has 1 aliphatic heterocycles. The average Bonchev–Trinajstić information content (AvgIpc) is 3.19. The molecule has 0 bridgehead atoms. The van der Waals surface area contributed by atoms with Crippen LogP contribution in [0.1, 0.15) is 35.1 Å². The number of aromatic nitrogens is 3. The Balaban J connectivity index is 1.49. The van der Waals surface area contributed by atoms with Crippen LogP contribution in [0.25, 0.3) is 0 Å². The summed E-state index contributed by atoms with van der Waals surface area (Å²) < 4.78 is 1.86. The Hall–Kier alpha value is -1.73. The number of aliphatic hydroxyl groups excluding tert-OH is 1. The van der Waals surface area contributed by atoms with E-state index in [-0.39, 0.29) is 5.91 Å². The molecule has 0 saturated carbocycles. The van der Waals surface area contributed by atoms with Gasteiger partial charge in [0.25, 0.3) is 5.91 Å². The van der Waals surface area contributed by atoms with Crippen molar-refractivity contribution < 1.29 is 9.90 Å². The van der Waals surface area contributed by atoms with Crippen LogP contribution in [0.15, 0.2) is 23.7 Å². The molecule has 0 aromatic carbocycles. The van der Waals surface area contributed by atoms with Crippen molar-refractivity contribution >= 4 is 17.2 Å². The van der Waals surface area contributed by atoms with Gasteiger partial charge in [-0.2, -0.15) is 0 Å². The molecule has 3 heterocycles. The summed E-state index contributed by atoms with van der Waals surface area (Å²) in [7, 11) is 0. The van der Waals surface area contributed by atoms with E-state index in [0.717, 1.165) is 43.0 Å². The van der Waals surface area contributed by atoms with Crippen molar-refractivity contribution in [1.29, 1.82) is 0 Å². The van der Waals surface area contributed by atoms with Crippen LogP contribution in [0.3, 0.4) is 0 Å². The lowest BCUT2D eigenvalue weighted by atomic mass is 9.96. The first-order valence-corrected chi connectivity index (χ1v) is 8.89. The number of aliphatic hydroxyl groups is 1. The van der Waals surface area contributed by atoms with E-state index in [9.17, 15) is 9.90 Å². The van der Waals surface area contributed by atoms with Gasteiger partial charge in [0.15, 0.2) is 0 Å². The molecular weight excluding hydrogens is 312 g/mol. The quantitative estimate of drug-likeness (QED) is 0.905. The van der Waals surface area contributed by atoms with Crippen molar-refractivity contribution in [3.63, 3.8) is 0 Å². The summed E-state index contributed by atoms with van der Waals surface area (Å²) in [6.07, 6.45) is 4.03. The number of hydrogen-bond acceptors (Lipinski definition) is 5. The second-order valence-electron chi connectivity index (χ2n) is 6.20. The van der Waals surface area contributed by atoms with Gasteiger partial charge in [0, 0.05) is 32.3 Å². The van der Waals surface area contributed by atoms with E-state index in [0.29, 0.717) is 12.3 Å². The second-order valence-corrected chi connectivity index (χ2v) is 7.15.